The Labute approximate surface area is 105 Å². The van der Waals surface area contributed by atoms with Crippen LogP contribution in [0.15, 0.2) is 16.5 Å². The van der Waals surface area contributed by atoms with E-state index in [9.17, 15) is 0 Å². The molecule has 0 bridgehead atoms. The number of nitrogens with two attached hydrogens (primary N) is 1. The van der Waals surface area contributed by atoms with E-state index in [1.807, 2.05) is 13.1 Å². The van der Waals surface area contributed by atoms with Gasteiger partial charge in [-0.2, -0.15) is 5.10 Å². The molecule has 0 unspecified atom stereocenters. The molecule has 0 saturated carbocycles. The molecule has 0 aliphatic carbocycles. The molecule has 2 N–H and O–H groups in total. The number of hydrogen-bond acceptors (Lipinski definition) is 3. The highest BCUT2D eigenvalue weighted by Crippen LogP contribution is 2.31. The van der Waals surface area contributed by atoms with E-state index in [0.29, 0.717) is 22.7 Å². The first kappa shape index (κ1) is 12.0. The third kappa shape index (κ3) is 2.31. The van der Waals surface area contributed by atoms with Crippen LogP contribution in [0, 0.1) is 5.92 Å². The normalized spacial score (nSPS) is 11.4. The Morgan fingerprint density at radius 3 is 2.71 bits per heavy atom. The standard InChI is InChI=1S/C12H16ClN3O/c1-7(2)6-8-11(15-16(3)12(8)14)9-4-5-10(13)17-9/h4-5,7H,6,14H2,1-3H3. The lowest BCUT2D eigenvalue weighted by atomic mass is 10.0. The second-order valence-corrected chi connectivity index (χ2v) is 4.91. The van der Waals surface area contributed by atoms with Gasteiger partial charge < -0.3 is 10.2 Å². The topological polar surface area (TPSA) is 57.0 Å². The highest BCUT2D eigenvalue weighted by Gasteiger charge is 2.18. The van der Waals surface area contributed by atoms with Gasteiger partial charge in [0.1, 0.15) is 11.5 Å². The number of nitrogen functional groups attached to an aromatic ring is 1. The van der Waals surface area contributed by atoms with E-state index in [1.165, 1.54) is 0 Å². The van der Waals surface area contributed by atoms with Crippen LogP contribution in [-0.4, -0.2) is 9.78 Å². The van der Waals surface area contributed by atoms with Gasteiger partial charge in [0.05, 0.1) is 0 Å². The molecule has 0 atom stereocenters. The van der Waals surface area contributed by atoms with Crippen molar-refractivity contribution in [3.63, 3.8) is 0 Å². The van der Waals surface area contributed by atoms with Gasteiger partial charge in [-0.25, -0.2) is 0 Å². The predicted molar refractivity (Wildman–Crippen MR) is 68.9 cm³/mol. The van der Waals surface area contributed by atoms with Gasteiger partial charge in [-0.1, -0.05) is 13.8 Å². The van der Waals surface area contributed by atoms with Gasteiger partial charge in [0, 0.05) is 12.6 Å². The van der Waals surface area contributed by atoms with Crippen molar-refractivity contribution < 1.29 is 4.42 Å². The number of furan rings is 1. The summed E-state index contributed by atoms with van der Waals surface area (Å²) in [4.78, 5) is 0. The maximum Gasteiger partial charge on any atom is 0.194 e. The molecule has 2 heterocycles. The molecule has 5 heteroatoms. The summed E-state index contributed by atoms with van der Waals surface area (Å²) < 4.78 is 7.06. The zero-order valence-electron chi connectivity index (χ0n) is 10.2. The third-order valence-electron chi connectivity index (χ3n) is 2.61. The van der Waals surface area contributed by atoms with Crippen molar-refractivity contribution in [2.24, 2.45) is 13.0 Å². The Morgan fingerprint density at radius 2 is 2.18 bits per heavy atom. The minimum absolute atomic E-state index is 0.361. The average Bonchev–Trinajstić information content (AvgIpc) is 2.77. The van der Waals surface area contributed by atoms with Crippen molar-refractivity contribution in [3.8, 4) is 11.5 Å². The van der Waals surface area contributed by atoms with Crippen LogP contribution in [0.5, 0.6) is 0 Å². The SMILES string of the molecule is CC(C)Cc1c(-c2ccc(Cl)o2)nn(C)c1N. The van der Waals surface area contributed by atoms with Gasteiger partial charge in [-0.3, -0.25) is 4.68 Å². The highest BCUT2D eigenvalue weighted by molar-refractivity contribution is 6.28. The Bertz CT molecular complexity index is 528. The fourth-order valence-corrected chi connectivity index (χ4v) is 1.98. The van der Waals surface area contributed by atoms with Crippen LogP contribution in [0.4, 0.5) is 5.82 Å². The van der Waals surface area contributed by atoms with E-state index in [-0.39, 0.29) is 0 Å². The molecule has 0 amide bonds. The van der Waals surface area contributed by atoms with Crippen molar-refractivity contribution in [1.29, 1.82) is 0 Å². The van der Waals surface area contributed by atoms with Crippen LogP contribution in [0.1, 0.15) is 19.4 Å². The van der Waals surface area contributed by atoms with Crippen LogP contribution >= 0.6 is 11.6 Å². The van der Waals surface area contributed by atoms with Crippen LogP contribution in [0.25, 0.3) is 11.5 Å². The number of rotatable bonds is 3. The van der Waals surface area contributed by atoms with E-state index < -0.39 is 0 Å². The number of anilines is 1. The predicted octanol–water partition coefficient (Wildman–Crippen LogP) is 3.11. The van der Waals surface area contributed by atoms with Gasteiger partial charge in [-0.05, 0) is 36.1 Å². The number of halogens is 1. The lowest BCUT2D eigenvalue weighted by Gasteiger charge is -2.05. The summed E-state index contributed by atoms with van der Waals surface area (Å²) in [5, 5.41) is 4.75. The van der Waals surface area contributed by atoms with E-state index in [0.717, 1.165) is 17.7 Å². The quantitative estimate of drug-likeness (QED) is 0.914. The largest absolute Gasteiger partial charge is 0.443 e. The monoisotopic (exact) mass is 253 g/mol. The number of hydrogen-bond donors (Lipinski definition) is 1. The van der Waals surface area contributed by atoms with Gasteiger partial charge in [0.2, 0.25) is 0 Å². The van der Waals surface area contributed by atoms with Gasteiger partial charge in [0.25, 0.3) is 0 Å². The molecule has 0 fully saturated rings. The van der Waals surface area contributed by atoms with E-state index >= 15 is 0 Å². The Balaban J connectivity index is 2.49. The molecular formula is C12H16ClN3O. The summed E-state index contributed by atoms with van der Waals surface area (Å²) in [6, 6.07) is 3.52. The Hall–Kier alpha value is -1.42. The van der Waals surface area contributed by atoms with Crippen LogP contribution < -0.4 is 5.73 Å². The van der Waals surface area contributed by atoms with Crippen molar-refractivity contribution in [3.05, 3.63) is 22.9 Å². The summed E-state index contributed by atoms with van der Waals surface area (Å²) in [7, 11) is 1.83. The first-order chi connectivity index (χ1) is 7.99. The zero-order valence-corrected chi connectivity index (χ0v) is 11.0. The van der Waals surface area contributed by atoms with Crippen molar-refractivity contribution in [2.45, 2.75) is 20.3 Å². The highest BCUT2D eigenvalue weighted by atomic mass is 35.5. The average molecular weight is 254 g/mol. The maximum atomic E-state index is 6.02. The lowest BCUT2D eigenvalue weighted by molar-refractivity contribution is 0.577. The van der Waals surface area contributed by atoms with Crippen LogP contribution in [-0.2, 0) is 13.5 Å². The van der Waals surface area contributed by atoms with Crippen molar-refractivity contribution in [2.75, 3.05) is 5.73 Å². The molecule has 92 valence electrons. The van der Waals surface area contributed by atoms with E-state index in [2.05, 4.69) is 18.9 Å². The number of aromatic nitrogens is 2. The Morgan fingerprint density at radius 1 is 1.47 bits per heavy atom. The van der Waals surface area contributed by atoms with Crippen molar-refractivity contribution >= 4 is 17.4 Å². The van der Waals surface area contributed by atoms with Crippen molar-refractivity contribution in [1.82, 2.24) is 9.78 Å². The fourth-order valence-electron chi connectivity index (χ4n) is 1.83. The summed E-state index contributed by atoms with van der Waals surface area (Å²) in [5.41, 5.74) is 7.83. The van der Waals surface area contributed by atoms with Crippen LogP contribution in [0.3, 0.4) is 0 Å². The zero-order chi connectivity index (χ0) is 12.6. The minimum Gasteiger partial charge on any atom is -0.443 e. The molecule has 0 spiro atoms. The van der Waals surface area contributed by atoms with Crippen LogP contribution in [0.2, 0.25) is 5.22 Å². The first-order valence-corrected chi connectivity index (χ1v) is 5.94. The second-order valence-electron chi connectivity index (χ2n) is 4.54. The molecule has 0 aliphatic rings. The molecule has 0 aromatic carbocycles. The summed E-state index contributed by atoms with van der Waals surface area (Å²) in [6.07, 6.45) is 0.868. The number of nitrogens with zero attached hydrogens (tertiary/aromatic N) is 2. The van der Waals surface area contributed by atoms with Gasteiger partial charge >= 0.3 is 0 Å². The summed E-state index contributed by atoms with van der Waals surface area (Å²) in [5.74, 6) is 1.85. The molecule has 17 heavy (non-hydrogen) atoms. The van der Waals surface area contributed by atoms with Gasteiger partial charge in [-0.15, -0.1) is 0 Å². The first-order valence-electron chi connectivity index (χ1n) is 5.56. The summed E-state index contributed by atoms with van der Waals surface area (Å²) >= 11 is 5.78. The minimum atomic E-state index is 0.361. The molecule has 0 saturated heterocycles. The maximum absolute atomic E-state index is 6.02. The summed E-state index contributed by atoms with van der Waals surface area (Å²) in [6.45, 7) is 4.29. The van der Waals surface area contributed by atoms with E-state index in [1.54, 1.807) is 10.7 Å². The lowest BCUT2D eigenvalue weighted by Crippen LogP contribution is -2.01. The van der Waals surface area contributed by atoms with E-state index in [4.69, 9.17) is 21.8 Å². The second kappa shape index (κ2) is 4.45. The third-order valence-corrected chi connectivity index (χ3v) is 2.82. The molecular weight excluding hydrogens is 238 g/mol. The molecule has 2 rings (SSSR count). The van der Waals surface area contributed by atoms with Gasteiger partial charge in [0.15, 0.2) is 11.0 Å². The molecule has 2 aromatic heterocycles. The molecule has 0 aliphatic heterocycles. The molecule has 2 aromatic rings. The fraction of sp³-hybridized carbons (Fsp3) is 0.417. The smallest absolute Gasteiger partial charge is 0.194 e. The Kier molecular flexibility index (Phi) is 3.15. The molecule has 0 radical (unpaired) electrons. The number of aryl methyl sites for hydroxylation is 1. The molecule has 4 nitrogen and oxygen atoms in total.